The van der Waals surface area contributed by atoms with E-state index in [2.05, 4.69) is 15.3 Å². The number of H-pyrrole nitrogens is 1. The second-order valence-electron chi connectivity index (χ2n) is 6.78. The molecule has 2 heterocycles. The van der Waals surface area contributed by atoms with Gasteiger partial charge in [-0.05, 0) is 48.9 Å². The summed E-state index contributed by atoms with van der Waals surface area (Å²) in [4.78, 5) is 33.9. The average Bonchev–Trinajstić information content (AvgIpc) is 3.22. The third kappa shape index (κ3) is 3.93. The fourth-order valence-corrected chi connectivity index (χ4v) is 4.76. The summed E-state index contributed by atoms with van der Waals surface area (Å²) in [5.41, 5.74) is 2.04. The van der Waals surface area contributed by atoms with E-state index >= 15 is 0 Å². The minimum Gasteiger partial charge on any atom is -0.356 e. The summed E-state index contributed by atoms with van der Waals surface area (Å²) in [6.45, 7) is 0.491. The molecule has 0 radical (unpaired) electrons. The highest BCUT2D eigenvalue weighted by Gasteiger charge is 2.21. The fraction of sp³-hybridized carbons (Fsp3) is 0.350. The maximum absolute atomic E-state index is 12.9. The van der Waals surface area contributed by atoms with Gasteiger partial charge >= 0.3 is 0 Å². The van der Waals surface area contributed by atoms with Crippen molar-refractivity contribution in [3.63, 3.8) is 0 Å². The van der Waals surface area contributed by atoms with Crippen LogP contribution in [0.15, 0.2) is 29.1 Å². The number of aryl methyl sites for hydroxylation is 3. The molecule has 0 atom stereocenters. The Kier molecular flexibility index (Phi) is 5.03. The van der Waals surface area contributed by atoms with Crippen LogP contribution in [0.1, 0.15) is 34.7 Å². The molecule has 1 aromatic carbocycles. The number of hydrogen-bond acceptors (Lipinski definition) is 4. The molecule has 27 heavy (non-hydrogen) atoms. The quantitative estimate of drug-likeness (QED) is 0.685. The molecule has 2 N–H and O–H groups in total. The Morgan fingerprint density at radius 3 is 2.85 bits per heavy atom. The fourth-order valence-electron chi connectivity index (χ4n) is 3.48. The molecule has 5 nitrogen and oxygen atoms in total. The standard InChI is InChI=1S/C20H20FN3O2S/c21-13-6-4-12(5-7-13)10-11-22-17(25)9-8-16-23-19(26)18-14-2-1-3-15(14)27-20(18)24-16/h4-7H,1-3,8-11H2,(H,22,25)(H,23,24,26). The Morgan fingerprint density at radius 1 is 1.22 bits per heavy atom. The summed E-state index contributed by atoms with van der Waals surface area (Å²) in [6, 6.07) is 6.25. The van der Waals surface area contributed by atoms with E-state index in [-0.39, 0.29) is 23.7 Å². The highest BCUT2D eigenvalue weighted by molar-refractivity contribution is 7.18. The Balaban J connectivity index is 1.32. The monoisotopic (exact) mass is 385 g/mol. The van der Waals surface area contributed by atoms with Gasteiger partial charge < -0.3 is 10.3 Å². The van der Waals surface area contributed by atoms with Crippen LogP contribution in [0.3, 0.4) is 0 Å². The van der Waals surface area contributed by atoms with Gasteiger partial charge in [0.1, 0.15) is 16.5 Å². The zero-order valence-electron chi connectivity index (χ0n) is 14.8. The highest BCUT2D eigenvalue weighted by Crippen LogP contribution is 2.34. The lowest BCUT2D eigenvalue weighted by atomic mass is 10.1. The van der Waals surface area contributed by atoms with Gasteiger partial charge in [-0.25, -0.2) is 9.37 Å². The number of halogens is 1. The van der Waals surface area contributed by atoms with E-state index in [9.17, 15) is 14.0 Å². The molecule has 0 aliphatic heterocycles. The molecule has 140 valence electrons. The molecule has 0 fully saturated rings. The van der Waals surface area contributed by atoms with Gasteiger partial charge in [0.25, 0.3) is 5.56 Å². The predicted octanol–water partition coefficient (Wildman–Crippen LogP) is 2.90. The minimum absolute atomic E-state index is 0.0893. The Morgan fingerprint density at radius 2 is 2.04 bits per heavy atom. The molecule has 0 bridgehead atoms. The van der Waals surface area contributed by atoms with E-state index in [1.165, 1.54) is 17.0 Å². The van der Waals surface area contributed by atoms with Crippen molar-refractivity contribution in [2.45, 2.75) is 38.5 Å². The van der Waals surface area contributed by atoms with Crippen molar-refractivity contribution in [1.82, 2.24) is 15.3 Å². The van der Waals surface area contributed by atoms with Crippen molar-refractivity contribution in [3.8, 4) is 0 Å². The first-order valence-corrected chi connectivity index (χ1v) is 9.96. The van der Waals surface area contributed by atoms with E-state index in [1.54, 1.807) is 23.5 Å². The third-order valence-electron chi connectivity index (χ3n) is 4.86. The van der Waals surface area contributed by atoms with E-state index < -0.39 is 0 Å². The number of thiophene rings is 1. The lowest BCUT2D eigenvalue weighted by Gasteiger charge is -2.06. The molecule has 1 aliphatic rings. The summed E-state index contributed by atoms with van der Waals surface area (Å²) in [7, 11) is 0. The van der Waals surface area contributed by atoms with Gasteiger partial charge in [0.2, 0.25) is 5.91 Å². The lowest BCUT2D eigenvalue weighted by molar-refractivity contribution is -0.121. The number of amides is 1. The lowest BCUT2D eigenvalue weighted by Crippen LogP contribution is -2.26. The number of carbonyl (C=O) groups excluding carboxylic acids is 1. The molecule has 7 heteroatoms. The molecule has 1 amide bonds. The summed E-state index contributed by atoms with van der Waals surface area (Å²) < 4.78 is 12.9. The Hall–Kier alpha value is -2.54. The molecular weight excluding hydrogens is 365 g/mol. The van der Waals surface area contributed by atoms with Crippen LogP contribution < -0.4 is 10.9 Å². The van der Waals surface area contributed by atoms with Gasteiger partial charge in [-0.1, -0.05) is 12.1 Å². The first kappa shape index (κ1) is 17.9. The van der Waals surface area contributed by atoms with Gasteiger partial charge in [-0.2, -0.15) is 0 Å². The molecule has 0 unspecified atom stereocenters. The number of aromatic amines is 1. The number of nitrogens with zero attached hydrogens (tertiary/aromatic N) is 1. The van der Waals surface area contributed by atoms with Gasteiger partial charge in [0, 0.05) is 24.3 Å². The highest BCUT2D eigenvalue weighted by atomic mass is 32.1. The van der Waals surface area contributed by atoms with Crippen molar-refractivity contribution in [3.05, 3.63) is 62.3 Å². The van der Waals surface area contributed by atoms with Crippen molar-refractivity contribution >= 4 is 27.5 Å². The van der Waals surface area contributed by atoms with Gasteiger partial charge in [-0.15, -0.1) is 11.3 Å². The number of nitrogens with one attached hydrogen (secondary N) is 2. The number of benzene rings is 1. The number of fused-ring (bicyclic) bond motifs is 3. The van der Waals surface area contributed by atoms with Crippen molar-refractivity contribution in [2.24, 2.45) is 0 Å². The zero-order chi connectivity index (χ0) is 18.8. The van der Waals surface area contributed by atoms with E-state index in [4.69, 9.17) is 0 Å². The van der Waals surface area contributed by atoms with E-state index in [0.717, 1.165) is 40.6 Å². The minimum atomic E-state index is -0.266. The van der Waals surface area contributed by atoms with Crippen LogP contribution >= 0.6 is 11.3 Å². The second kappa shape index (κ2) is 7.60. The second-order valence-corrected chi connectivity index (χ2v) is 7.86. The molecule has 4 rings (SSSR count). The number of rotatable bonds is 6. The van der Waals surface area contributed by atoms with E-state index in [1.807, 2.05) is 0 Å². The van der Waals surface area contributed by atoms with Crippen molar-refractivity contribution in [2.75, 3.05) is 6.54 Å². The molecule has 0 spiro atoms. The van der Waals surface area contributed by atoms with Crippen LogP contribution in [0.2, 0.25) is 0 Å². The average molecular weight is 385 g/mol. The number of carbonyl (C=O) groups is 1. The topological polar surface area (TPSA) is 74.8 Å². The van der Waals surface area contributed by atoms with Crippen LogP contribution in [0, 0.1) is 5.82 Å². The van der Waals surface area contributed by atoms with Crippen molar-refractivity contribution < 1.29 is 9.18 Å². The van der Waals surface area contributed by atoms with Gasteiger partial charge in [-0.3, -0.25) is 9.59 Å². The third-order valence-corrected chi connectivity index (χ3v) is 6.05. The predicted molar refractivity (Wildman–Crippen MR) is 104 cm³/mol. The van der Waals surface area contributed by atoms with Crippen LogP contribution in [0.4, 0.5) is 4.39 Å². The smallest absolute Gasteiger partial charge is 0.259 e. The van der Waals surface area contributed by atoms with Gasteiger partial charge in [0.15, 0.2) is 0 Å². The van der Waals surface area contributed by atoms with Gasteiger partial charge in [0.05, 0.1) is 5.39 Å². The van der Waals surface area contributed by atoms with Crippen LogP contribution in [0.5, 0.6) is 0 Å². The van der Waals surface area contributed by atoms with Crippen LogP contribution in [-0.4, -0.2) is 22.4 Å². The maximum atomic E-state index is 12.9. The molecule has 1 aliphatic carbocycles. The molecule has 0 saturated carbocycles. The normalized spacial score (nSPS) is 13.1. The summed E-state index contributed by atoms with van der Waals surface area (Å²) in [5.74, 6) is 0.201. The number of aromatic nitrogens is 2. The maximum Gasteiger partial charge on any atom is 0.259 e. The molecular formula is C20H20FN3O2S. The Bertz CT molecular complexity index is 1040. The molecule has 2 aromatic heterocycles. The SMILES string of the molecule is O=C(CCc1nc2sc3c(c2c(=O)[nH]1)CCC3)NCCc1ccc(F)cc1. The Labute approximate surface area is 159 Å². The zero-order valence-corrected chi connectivity index (χ0v) is 15.6. The summed E-state index contributed by atoms with van der Waals surface area (Å²) in [5, 5.41) is 3.59. The number of hydrogen-bond donors (Lipinski definition) is 2. The summed E-state index contributed by atoms with van der Waals surface area (Å²) >= 11 is 1.60. The first-order valence-electron chi connectivity index (χ1n) is 9.15. The summed E-state index contributed by atoms with van der Waals surface area (Å²) in [6.07, 6.45) is 4.40. The molecule has 3 aromatic rings. The first-order chi connectivity index (χ1) is 13.1. The van der Waals surface area contributed by atoms with Crippen molar-refractivity contribution in [1.29, 1.82) is 0 Å². The molecule has 0 saturated heterocycles. The van der Waals surface area contributed by atoms with E-state index in [0.29, 0.717) is 25.2 Å². The largest absolute Gasteiger partial charge is 0.356 e. The van der Waals surface area contributed by atoms with Crippen LogP contribution in [-0.2, 0) is 30.5 Å². The van der Waals surface area contributed by atoms with Crippen LogP contribution in [0.25, 0.3) is 10.2 Å².